The first-order chi connectivity index (χ1) is 16.2. The number of anilines is 1. The van der Waals surface area contributed by atoms with Crippen LogP contribution in [0.5, 0.6) is 0 Å². The molecule has 5 rings (SSSR count). The summed E-state index contributed by atoms with van der Waals surface area (Å²) in [7, 11) is 0. The Bertz CT molecular complexity index is 976. The predicted octanol–water partition coefficient (Wildman–Crippen LogP) is 5.11. The summed E-state index contributed by atoms with van der Waals surface area (Å²) in [6.07, 6.45) is 6.99. The van der Waals surface area contributed by atoms with Crippen LogP contribution in [0.3, 0.4) is 0 Å². The Morgan fingerprint density at radius 1 is 0.848 bits per heavy atom. The van der Waals surface area contributed by atoms with Crippen molar-refractivity contribution in [2.24, 2.45) is 0 Å². The first kappa shape index (κ1) is 22.1. The molecule has 3 aliphatic rings. The Morgan fingerprint density at radius 3 is 2.36 bits per heavy atom. The lowest BCUT2D eigenvalue weighted by molar-refractivity contribution is 0.0969. The van der Waals surface area contributed by atoms with E-state index in [1.165, 1.54) is 18.4 Å². The molecule has 0 aromatic heterocycles. The van der Waals surface area contributed by atoms with Crippen molar-refractivity contribution in [3.63, 3.8) is 0 Å². The van der Waals surface area contributed by atoms with Crippen LogP contribution >= 0.6 is 0 Å². The van der Waals surface area contributed by atoms with E-state index in [-0.39, 0.29) is 11.8 Å². The Kier molecular flexibility index (Phi) is 6.77. The van der Waals surface area contributed by atoms with Crippen LogP contribution in [0.2, 0.25) is 0 Å². The Morgan fingerprint density at radius 2 is 1.61 bits per heavy atom. The van der Waals surface area contributed by atoms with E-state index in [4.69, 9.17) is 0 Å². The van der Waals surface area contributed by atoms with E-state index < -0.39 is 0 Å². The highest BCUT2D eigenvalue weighted by Crippen LogP contribution is 2.32. The van der Waals surface area contributed by atoms with Crippen LogP contribution in [-0.2, 0) is 6.42 Å². The average molecular weight is 446 g/mol. The smallest absolute Gasteiger partial charge is 0.324 e. The fourth-order valence-corrected chi connectivity index (χ4v) is 5.68. The summed E-state index contributed by atoms with van der Waals surface area (Å²) in [5.74, 6) is 0.758. The molecule has 0 unspecified atom stereocenters. The number of carbonyl (C=O) groups excluding carboxylic acids is 2. The van der Waals surface area contributed by atoms with Gasteiger partial charge in [-0.2, -0.15) is 0 Å². The lowest BCUT2D eigenvalue weighted by Gasteiger charge is -2.38. The minimum Gasteiger partial charge on any atom is -0.324 e. The molecule has 5 heteroatoms. The van der Waals surface area contributed by atoms with Crippen molar-refractivity contribution in [1.82, 2.24) is 9.80 Å². The maximum atomic E-state index is 13.4. The van der Waals surface area contributed by atoms with Crippen molar-refractivity contribution in [1.29, 1.82) is 0 Å². The summed E-state index contributed by atoms with van der Waals surface area (Å²) in [6.45, 7) is 5.47. The van der Waals surface area contributed by atoms with Crippen LogP contribution in [0, 0.1) is 0 Å². The number of fused-ring (bicyclic) bond motifs is 1. The molecule has 2 fully saturated rings. The summed E-state index contributed by atoms with van der Waals surface area (Å²) in [5.41, 5.74) is 4.31. The van der Waals surface area contributed by atoms with Gasteiger partial charge in [0.2, 0.25) is 0 Å². The molecule has 0 aliphatic carbocycles. The SMILES string of the molecule is O=C(CCN1CCCC1)c1ccc2c(c1)CCCN2C(=O)N1CCC(c2ccccc2)CC1. The number of piperidine rings is 1. The number of aryl methyl sites for hydroxylation is 1. The number of nitrogens with zero attached hydrogens (tertiary/aromatic N) is 3. The third-order valence-corrected chi connectivity index (χ3v) is 7.64. The number of Topliss-reactive ketones (excluding diaryl/α,β-unsaturated/α-hetero) is 1. The maximum absolute atomic E-state index is 13.4. The molecule has 0 atom stereocenters. The molecule has 2 saturated heterocycles. The monoisotopic (exact) mass is 445 g/mol. The van der Waals surface area contributed by atoms with Crippen LogP contribution < -0.4 is 4.90 Å². The topological polar surface area (TPSA) is 43.9 Å². The fourth-order valence-electron chi connectivity index (χ4n) is 5.68. The number of amides is 2. The second kappa shape index (κ2) is 10.1. The van der Waals surface area contributed by atoms with E-state index >= 15 is 0 Å². The standard InChI is InChI=1S/C28H35N3O2/c32-27(14-18-29-15-4-5-16-29)25-10-11-26-24(21-25)9-6-17-31(26)28(33)30-19-12-23(13-20-30)22-7-2-1-3-8-22/h1-3,7-8,10-11,21,23H,4-6,9,12-20H2. The molecule has 0 bridgehead atoms. The number of carbonyl (C=O) groups is 2. The van der Waals surface area contributed by atoms with Gasteiger partial charge in [-0.3, -0.25) is 9.69 Å². The summed E-state index contributed by atoms with van der Waals surface area (Å²) in [6, 6.07) is 16.8. The van der Waals surface area contributed by atoms with Crippen LogP contribution in [-0.4, -0.2) is 60.9 Å². The average Bonchev–Trinajstić information content (AvgIpc) is 3.40. The number of likely N-dealkylation sites (tertiary alicyclic amines) is 2. The Hall–Kier alpha value is -2.66. The molecule has 0 spiro atoms. The van der Waals surface area contributed by atoms with Gasteiger partial charge in [-0.25, -0.2) is 4.79 Å². The number of hydrogen-bond donors (Lipinski definition) is 0. The molecule has 174 valence electrons. The van der Waals surface area contributed by atoms with Gasteiger partial charge in [0.1, 0.15) is 0 Å². The van der Waals surface area contributed by atoms with E-state index in [1.807, 2.05) is 28.0 Å². The second-order valence-corrected chi connectivity index (χ2v) is 9.78. The van der Waals surface area contributed by atoms with Crippen molar-refractivity contribution >= 4 is 17.5 Å². The highest BCUT2D eigenvalue weighted by molar-refractivity contribution is 5.98. The molecule has 0 saturated carbocycles. The fraction of sp³-hybridized carbons (Fsp3) is 0.500. The number of rotatable bonds is 5. The van der Waals surface area contributed by atoms with Gasteiger partial charge in [-0.1, -0.05) is 30.3 Å². The summed E-state index contributed by atoms with van der Waals surface area (Å²) in [4.78, 5) is 32.5. The van der Waals surface area contributed by atoms with Crippen molar-refractivity contribution in [3.05, 3.63) is 65.2 Å². The molecular formula is C28H35N3O2. The summed E-state index contributed by atoms with van der Waals surface area (Å²) >= 11 is 0. The Labute approximate surface area is 197 Å². The Balaban J connectivity index is 1.22. The second-order valence-electron chi connectivity index (χ2n) is 9.78. The third kappa shape index (κ3) is 4.98. The van der Waals surface area contributed by atoms with Crippen LogP contribution in [0.1, 0.15) is 65.9 Å². The molecule has 5 nitrogen and oxygen atoms in total. The molecule has 0 N–H and O–H groups in total. The van der Waals surface area contributed by atoms with E-state index in [0.29, 0.717) is 12.3 Å². The predicted molar refractivity (Wildman–Crippen MR) is 132 cm³/mol. The van der Waals surface area contributed by atoms with Crippen LogP contribution in [0.25, 0.3) is 0 Å². The first-order valence-electron chi connectivity index (χ1n) is 12.7. The van der Waals surface area contributed by atoms with Gasteiger partial charge in [-0.05, 0) is 86.9 Å². The zero-order valence-electron chi connectivity index (χ0n) is 19.5. The van der Waals surface area contributed by atoms with Crippen LogP contribution in [0.4, 0.5) is 10.5 Å². The molecule has 2 aromatic carbocycles. The lowest BCUT2D eigenvalue weighted by atomic mass is 9.89. The van der Waals surface area contributed by atoms with Gasteiger partial charge < -0.3 is 9.80 Å². The highest BCUT2D eigenvalue weighted by atomic mass is 16.2. The molecule has 2 amide bonds. The third-order valence-electron chi connectivity index (χ3n) is 7.64. The van der Waals surface area contributed by atoms with Gasteiger partial charge in [0.15, 0.2) is 5.78 Å². The van der Waals surface area contributed by atoms with Gasteiger partial charge in [-0.15, -0.1) is 0 Å². The largest absolute Gasteiger partial charge is 0.324 e. The van der Waals surface area contributed by atoms with Gasteiger partial charge in [0.05, 0.1) is 0 Å². The number of hydrogen-bond acceptors (Lipinski definition) is 3. The zero-order chi connectivity index (χ0) is 22.6. The molecule has 3 heterocycles. The van der Waals surface area contributed by atoms with Crippen LogP contribution in [0.15, 0.2) is 48.5 Å². The zero-order valence-corrected chi connectivity index (χ0v) is 19.5. The number of urea groups is 1. The normalized spacial score (nSPS) is 19.5. The molecule has 33 heavy (non-hydrogen) atoms. The molecule has 3 aliphatic heterocycles. The summed E-state index contributed by atoms with van der Waals surface area (Å²) in [5, 5.41) is 0. The minimum atomic E-state index is 0.121. The van der Waals surface area contributed by atoms with Gasteiger partial charge in [0.25, 0.3) is 0 Å². The minimum absolute atomic E-state index is 0.121. The first-order valence-corrected chi connectivity index (χ1v) is 12.7. The quantitative estimate of drug-likeness (QED) is 0.601. The highest BCUT2D eigenvalue weighted by Gasteiger charge is 2.30. The molecular weight excluding hydrogens is 410 g/mol. The molecule has 2 aromatic rings. The van der Waals surface area contributed by atoms with E-state index in [1.54, 1.807) is 0 Å². The molecule has 0 radical (unpaired) electrons. The van der Waals surface area contributed by atoms with Crippen molar-refractivity contribution in [2.75, 3.05) is 44.2 Å². The van der Waals surface area contributed by atoms with Crippen molar-refractivity contribution < 1.29 is 9.59 Å². The van der Waals surface area contributed by atoms with E-state index in [9.17, 15) is 9.59 Å². The number of ketones is 1. The van der Waals surface area contributed by atoms with Crippen molar-refractivity contribution in [2.45, 2.75) is 50.9 Å². The van der Waals surface area contributed by atoms with Gasteiger partial charge >= 0.3 is 6.03 Å². The van der Waals surface area contributed by atoms with E-state index in [2.05, 4.69) is 35.2 Å². The van der Waals surface area contributed by atoms with Gasteiger partial charge in [0, 0.05) is 43.9 Å². The van der Waals surface area contributed by atoms with Crippen molar-refractivity contribution in [3.8, 4) is 0 Å². The van der Waals surface area contributed by atoms with E-state index in [0.717, 1.165) is 81.8 Å². The maximum Gasteiger partial charge on any atom is 0.324 e. The summed E-state index contributed by atoms with van der Waals surface area (Å²) < 4.78 is 0. The lowest BCUT2D eigenvalue weighted by Crippen LogP contribution is -2.48. The number of benzene rings is 2.